The molecule has 0 atom stereocenters. The van der Waals surface area contributed by atoms with Gasteiger partial charge in [-0.25, -0.2) is 0 Å². The molecule has 15 heavy (non-hydrogen) atoms. The summed E-state index contributed by atoms with van der Waals surface area (Å²) in [5.74, 6) is -0.499. The predicted molar refractivity (Wildman–Crippen MR) is 55.2 cm³/mol. The topological polar surface area (TPSA) is 38.9 Å². The van der Waals surface area contributed by atoms with Gasteiger partial charge in [-0.3, -0.25) is 0 Å². The number of aromatic nitrogens is 2. The molecule has 0 saturated carbocycles. The summed E-state index contributed by atoms with van der Waals surface area (Å²) in [6.07, 6.45) is -2.72. The summed E-state index contributed by atoms with van der Waals surface area (Å²) in [5.41, 5.74) is 0. The summed E-state index contributed by atoms with van der Waals surface area (Å²) in [6, 6.07) is 3.64. The number of thiophene rings is 1. The van der Waals surface area contributed by atoms with Crippen LogP contribution in [0.25, 0.3) is 10.8 Å². The van der Waals surface area contributed by atoms with E-state index in [1.807, 2.05) is 6.07 Å². The highest BCUT2D eigenvalue weighted by molar-refractivity contribution is 9.08. The van der Waals surface area contributed by atoms with E-state index in [-0.39, 0.29) is 5.89 Å². The predicted octanol–water partition coefficient (Wildman–Crippen LogP) is 3.63. The zero-order chi connectivity index (χ0) is 10.8. The second-order valence-electron chi connectivity index (χ2n) is 2.65. The van der Waals surface area contributed by atoms with Crippen molar-refractivity contribution in [2.45, 2.75) is 11.8 Å². The van der Waals surface area contributed by atoms with Gasteiger partial charge in [-0.05, 0) is 12.1 Å². The summed E-state index contributed by atoms with van der Waals surface area (Å²) in [5, 5.41) is 7.52. The molecule has 2 heterocycles. The average Bonchev–Trinajstić information content (AvgIpc) is 2.86. The molecule has 0 aliphatic rings. The van der Waals surface area contributed by atoms with E-state index in [1.165, 1.54) is 11.3 Å². The van der Waals surface area contributed by atoms with Crippen molar-refractivity contribution in [2.24, 2.45) is 0 Å². The van der Waals surface area contributed by atoms with E-state index in [9.17, 15) is 8.78 Å². The summed E-state index contributed by atoms with van der Waals surface area (Å²) >= 11 is 4.72. The van der Waals surface area contributed by atoms with Gasteiger partial charge in [0.2, 0.25) is 0 Å². The van der Waals surface area contributed by atoms with Crippen molar-refractivity contribution in [3.63, 3.8) is 0 Å². The summed E-state index contributed by atoms with van der Waals surface area (Å²) < 4.78 is 29.1. The van der Waals surface area contributed by atoms with Gasteiger partial charge >= 0.3 is 6.43 Å². The monoisotopic (exact) mass is 294 g/mol. The van der Waals surface area contributed by atoms with Crippen LogP contribution < -0.4 is 0 Å². The molecule has 0 spiro atoms. The first-order chi connectivity index (χ1) is 7.20. The molecule has 2 rings (SSSR count). The van der Waals surface area contributed by atoms with E-state index in [0.717, 1.165) is 4.88 Å². The zero-order valence-electron chi connectivity index (χ0n) is 7.28. The Morgan fingerprint density at radius 2 is 2.20 bits per heavy atom. The average molecular weight is 295 g/mol. The van der Waals surface area contributed by atoms with Crippen molar-refractivity contribution < 1.29 is 13.2 Å². The Bertz CT molecular complexity index is 457. The molecule has 0 unspecified atom stereocenters. The number of rotatable bonds is 3. The lowest BCUT2D eigenvalue weighted by Gasteiger charge is -1.88. The SMILES string of the molecule is FC(F)c1nnc(-c2ccc(CBr)s2)o1. The van der Waals surface area contributed by atoms with Crippen molar-refractivity contribution in [1.29, 1.82) is 0 Å². The Balaban J connectivity index is 2.28. The van der Waals surface area contributed by atoms with Crippen molar-refractivity contribution in [1.82, 2.24) is 10.2 Å². The fourth-order valence-electron chi connectivity index (χ4n) is 0.987. The molecule has 7 heteroatoms. The van der Waals surface area contributed by atoms with Gasteiger partial charge in [-0.2, -0.15) is 8.78 Å². The largest absolute Gasteiger partial charge is 0.414 e. The molecule has 0 bridgehead atoms. The molecule has 0 aliphatic carbocycles. The fourth-order valence-corrected chi connectivity index (χ4v) is 2.30. The normalized spacial score (nSPS) is 11.2. The highest BCUT2D eigenvalue weighted by Gasteiger charge is 2.17. The number of hydrogen-bond donors (Lipinski definition) is 0. The van der Waals surface area contributed by atoms with Crippen LogP contribution in [0.15, 0.2) is 16.5 Å². The number of halogens is 3. The minimum Gasteiger partial charge on any atom is -0.414 e. The zero-order valence-corrected chi connectivity index (χ0v) is 9.69. The third-order valence-corrected chi connectivity index (χ3v) is 3.68. The van der Waals surface area contributed by atoms with Crippen LogP contribution >= 0.6 is 27.3 Å². The molecule has 0 saturated heterocycles. The smallest absolute Gasteiger partial charge is 0.314 e. The Morgan fingerprint density at radius 3 is 2.73 bits per heavy atom. The lowest BCUT2D eigenvalue weighted by atomic mass is 10.4. The number of alkyl halides is 3. The van der Waals surface area contributed by atoms with Gasteiger partial charge in [0, 0.05) is 10.2 Å². The first kappa shape index (κ1) is 10.7. The number of hydrogen-bond acceptors (Lipinski definition) is 4. The molecular formula is C8H5BrF2N2OS. The maximum atomic E-state index is 12.2. The molecule has 80 valence electrons. The van der Waals surface area contributed by atoms with Gasteiger partial charge in [-0.15, -0.1) is 21.5 Å². The number of nitrogens with zero attached hydrogens (tertiary/aromatic N) is 2. The Morgan fingerprint density at radius 1 is 1.40 bits per heavy atom. The maximum absolute atomic E-state index is 12.2. The van der Waals surface area contributed by atoms with Crippen LogP contribution in [0.4, 0.5) is 8.78 Å². The Labute approximate surface area is 96.3 Å². The molecule has 0 aliphatic heterocycles. The van der Waals surface area contributed by atoms with Crippen molar-refractivity contribution in [2.75, 3.05) is 0 Å². The third kappa shape index (κ3) is 2.23. The van der Waals surface area contributed by atoms with Gasteiger partial charge in [0.15, 0.2) is 0 Å². The fraction of sp³-hybridized carbons (Fsp3) is 0.250. The minimum absolute atomic E-state index is 0.141. The molecule has 0 N–H and O–H groups in total. The molecular weight excluding hydrogens is 290 g/mol. The van der Waals surface area contributed by atoms with E-state index < -0.39 is 12.3 Å². The standard InChI is InChI=1S/C8H5BrF2N2OS/c9-3-4-1-2-5(15-4)7-12-13-8(14-7)6(10)11/h1-2,6H,3H2. The van der Waals surface area contributed by atoms with Crippen molar-refractivity contribution >= 4 is 27.3 Å². The Kier molecular flexibility index (Phi) is 3.11. The quantitative estimate of drug-likeness (QED) is 0.812. The molecule has 0 aromatic carbocycles. The van der Waals surface area contributed by atoms with Crippen LogP contribution in [0.2, 0.25) is 0 Å². The first-order valence-corrected chi connectivity index (χ1v) is 5.91. The van der Waals surface area contributed by atoms with Gasteiger partial charge in [0.25, 0.3) is 11.8 Å². The minimum atomic E-state index is -2.72. The summed E-state index contributed by atoms with van der Waals surface area (Å²) in [6.45, 7) is 0. The maximum Gasteiger partial charge on any atom is 0.314 e. The van der Waals surface area contributed by atoms with Crippen LogP contribution in [-0.4, -0.2) is 10.2 Å². The molecule has 3 nitrogen and oxygen atoms in total. The van der Waals surface area contributed by atoms with Crippen LogP contribution in [0.3, 0.4) is 0 Å². The molecule has 0 fully saturated rings. The lowest BCUT2D eigenvalue weighted by molar-refractivity contribution is 0.116. The highest BCUT2D eigenvalue weighted by Crippen LogP contribution is 2.29. The van der Waals surface area contributed by atoms with E-state index in [1.54, 1.807) is 6.07 Å². The van der Waals surface area contributed by atoms with Crippen LogP contribution in [0, 0.1) is 0 Å². The van der Waals surface area contributed by atoms with Gasteiger partial charge in [0.05, 0.1) is 4.88 Å². The van der Waals surface area contributed by atoms with E-state index in [0.29, 0.717) is 10.2 Å². The van der Waals surface area contributed by atoms with Gasteiger partial charge < -0.3 is 4.42 Å². The van der Waals surface area contributed by atoms with Crippen LogP contribution in [-0.2, 0) is 5.33 Å². The van der Waals surface area contributed by atoms with E-state index in [4.69, 9.17) is 4.42 Å². The van der Waals surface area contributed by atoms with Crippen molar-refractivity contribution in [3.05, 3.63) is 22.9 Å². The first-order valence-electron chi connectivity index (χ1n) is 3.97. The lowest BCUT2D eigenvalue weighted by Crippen LogP contribution is -1.81. The van der Waals surface area contributed by atoms with Gasteiger partial charge in [-0.1, -0.05) is 15.9 Å². The van der Waals surface area contributed by atoms with Gasteiger partial charge in [0.1, 0.15) is 0 Å². The van der Waals surface area contributed by atoms with E-state index >= 15 is 0 Å². The summed E-state index contributed by atoms with van der Waals surface area (Å²) in [7, 11) is 0. The molecule has 0 radical (unpaired) electrons. The third-order valence-electron chi connectivity index (χ3n) is 1.63. The van der Waals surface area contributed by atoms with Crippen molar-refractivity contribution in [3.8, 4) is 10.8 Å². The summed E-state index contributed by atoms with van der Waals surface area (Å²) in [4.78, 5) is 1.77. The Hall–Kier alpha value is -0.820. The molecule has 0 amide bonds. The second kappa shape index (κ2) is 4.36. The van der Waals surface area contributed by atoms with E-state index in [2.05, 4.69) is 26.1 Å². The van der Waals surface area contributed by atoms with Crippen LogP contribution in [0.1, 0.15) is 17.2 Å². The highest BCUT2D eigenvalue weighted by atomic mass is 79.9. The van der Waals surface area contributed by atoms with Crippen LogP contribution in [0.5, 0.6) is 0 Å². The molecule has 2 aromatic rings. The molecule has 2 aromatic heterocycles. The second-order valence-corrected chi connectivity index (χ2v) is 4.37.